The molecular weight excluding hydrogens is 416 g/mol. The number of benzene rings is 4. The number of aliphatic imine (C=N–C) groups is 2. The standard InChI is InChI=1S/C27H22N2O4/c30-24-11-5-20(14-26(24)32)16-28-22-7-1-18(2-8-22)13-19-3-9-23(10-4-19)29-17-21-6-12-25(31)27(33)15-21/h1-12,14-17,30-33H,13H2. The highest BCUT2D eigenvalue weighted by atomic mass is 16.3. The highest BCUT2D eigenvalue weighted by Gasteiger charge is 2.01. The van der Waals surface area contributed by atoms with Gasteiger partial charge in [0.25, 0.3) is 0 Å². The van der Waals surface area contributed by atoms with Crippen molar-refractivity contribution in [2.24, 2.45) is 9.98 Å². The molecular formula is C27H22N2O4. The van der Waals surface area contributed by atoms with Crippen molar-refractivity contribution in [1.29, 1.82) is 0 Å². The molecule has 4 rings (SSSR count). The van der Waals surface area contributed by atoms with Crippen LogP contribution in [0.5, 0.6) is 23.0 Å². The fraction of sp³-hybridized carbons (Fsp3) is 0.0370. The third kappa shape index (κ3) is 5.77. The van der Waals surface area contributed by atoms with Gasteiger partial charge in [0.2, 0.25) is 0 Å². The van der Waals surface area contributed by atoms with Crippen LogP contribution in [0, 0.1) is 0 Å². The van der Waals surface area contributed by atoms with Gasteiger partial charge in [-0.2, -0.15) is 0 Å². The Morgan fingerprint density at radius 3 is 1.24 bits per heavy atom. The molecule has 0 unspecified atom stereocenters. The van der Waals surface area contributed by atoms with Gasteiger partial charge in [-0.3, -0.25) is 9.98 Å². The molecule has 0 saturated carbocycles. The van der Waals surface area contributed by atoms with Crippen molar-refractivity contribution in [3.05, 3.63) is 107 Å². The average molecular weight is 438 g/mol. The lowest BCUT2D eigenvalue weighted by molar-refractivity contribution is 0.403. The van der Waals surface area contributed by atoms with E-state index in [0.29, 0.717) is 11.1 Å². The summed E-state index contributed by atoms with van der Waals surface area (Å²) < 4.78 is 0. The van der Waals surface area contributed by atoms with E-state index in [9.17, 15) is 20.4 Å². The van der Waals surface area contributed by atoms with Crippen molar-refractivity contribution in [2.75, 3.05) is 0 Å². The molecule has 4 aromatic rings. The van der Waals surface area contributed by atoms with Crippen LogP contribution in [0.3, 0.4) is 0 Å². The monoisotopic (exact) mass is 438 g/mol. The Hall–Kier alpha value is -4.58. The van der Waals surface area contributed by atoms with Crippen LogP contribution in [0.4, 0.5) is 11.4 Å². The van der Waals surface area contributed by atoms with Gasteiger partial charge >= 0.3 is 0 Å². The number of nitrogens with zero attached hydrogens (tertiary/aromatic N) is 2. The molecule has 0 bridgehead atoms. The minimum atomic E-state index is -0.175. The lowest BCUT2D eigenvalue weighted by Gasteiger charge is -2.04. The Labute approximate surface area is 191 Å². The molecule has 164 valence electrons. The quantitative estimate of drug-likeness (QED) is 0.232. The maximum Gasteiger partial charge on any atom is 0.158 e. The minimum absolute atomic E-state index is 0.158. The normalized spacial score (nSPS) is 11.4. The fourth-order valence-electron chi connectivity index (χ4n) is 3.18. The molecule has 0 atom stereocenters. The van der Waals surface area contributed by atoms with Gasteiger partial charge in [0.1, 0.15) is 0 Å². The van der Waals surface area contributed by atoms with Gasteiger partial charge in [-0.1, -0.05) is 24.3 Å². The summed E-state index contributed by atoms with van der Waals surface area (Å²) in [6, 6.07) is 24.9. The van der Waals surface area contributed by atoms with E-state index in [1.165, 1.54) is 24.3 Å². The van der Waals surface area contributed by atoms with Gasteiger partial charge in [0.15, 0.2) is 23.0 Å². The lowest BCUT2D eigenvalue weighted by atomic mass is 10.0. The summed E-state index contributed by atoms with van der Waals surface area (Å²) in [5.74, 6) is -0.667. The summed E-state index contributed by atoms with van der Waals surface area (Å²) in [6.07, 6.45) is 4.03. The summed E-state index contributed by atoms with van der Waals surface area (Å²) in [4.78, 5) is 8.80. The zero-order valence-electron chi connectivity index (χ0n) is 17.6. The van der Waals surface area contributed by atoms with Crippen LogP contribution >= 0.6 is 0 Å². The van der Waals surface area contributed by atoms with Crippen LogP contribution < -0.4 is 0 Å². The summed E-state index contributed by atoms with van der Waals surface area (Å²) >= 11 is 0. The van der Waals surface area contributed by atoms with Crippen LogP contribution in [0.1, 0.15) is 22.3 Å². The van der Waals surface area contributed by atoms with E-state index in [4.69, 9.17) is 0 Å². The highest BCUT2D eigenvalue weighted by Crippen LogP contribution is 2.26. The fourth-order valence-corrected chi connectivity index (χ4v) is 3.18. The Morgan fingerprint density at radius 2 is 0.879 bits per heavy atom. The number of hydrogen-bond donors (Lipinski definition) is 4. The summed E-state index contributed by atoms with van der Waals surface area (Å²) in [5.41, 5.74) is 5.25. The predicted molar refractivity (Wildman–Crippen MR) is 130 cm³/mol. The third-order valence-corrected chi connectivity index (χ3v) is 5.01. The van der Waals surface area contributed by atoms with Crippen LogP contribution in [0.25, 0.3) is 0 Å². The lowest BCUT2D eigenvalue weighted by Crippen LogP contribution is -1.87. The van der Waals surface area contributed by atoms with E-state index in [0.717, 1.165) is 28.9 Å². The number of hydrogen-bond acceptors (Lipinski definition) is 6. The van der Waals surface area contributed by atoms with Crippen molar-refractivity contribution in [3.63, 3.8) is 0 Å². The topological polar surface area (TPSA) is 106 Å². The summed E-state index contributed by atoms with van der Waals surface area (Å²) in [5, 5.41) is 37.9. The van der Waals surface area contributed by atoms with Gasteiger partial charge in [-0.25, -0.2) is 0 Å². The Morgan fingerprint density at radius 1 is 0.485 bits per heavy atom. The van der Waals surface area contributed by atoms with Crippen molar-refractivity contribution < 1.29 is 20.4 Å². The molecule has 0 aliphatic carbocycles. The molecule has 6 nitrogen and oxygen atoms in total. The predicted octanol–water partition coefficient (Wildman–Crippen LogP) is 5.60. The largest absolute Gasteiger partial charge is 0.504 e. The molecule has 0 fully saturated rings. The van der Waals surface area contributed by atoms with Crippen LogP contribution in [-0.4, -0.2) is 32.9 Å². The summed E-state index contributed by atoms with van der Waals surface area (Å²) in [6.45, 7) is 0. The van der Waals surface area contributed by atoms with Crippen molar-refractivity contribution >= 4 is 23.8 Å². The van der Waals surface area contributed by atoms with Crippen molar-refractivity contribution in [3.8, 4) is 23.0 Å². The Kier molecular flexibility index (Phi) is 6.36. The van der Waals surface area contributed by atoms with Crippen molar-refractivity contribution in [2.45, 2.75) is 6.42 Å². The van der Waals surface area contributed by atoms with E-state index < -0.39 is 0 Å². The minimum Gasteiger partial charge on any atom is -0.504 e. The summed E-state index contributed by atoms with van der Waals surface area (Å²) in [7, 11) is 0. The Bertz CT molecular complexity index is 1210. The van der Waals surface area contributed by atoms with Crippen molar-refractivity contribution in [1.82, 2.24) is 0 Å². The second-order valence-corrected chi connectivity index (χ2v) is 7.52. The second-order valence-electron chi connectivity index (χ2n) is 7.52. The molecule has 0 saturated heterocycles. The molecule has 0 amide bonds. The first-order valence-electron chi connectivity index (χ1n) is 10.3. The van der Waals surface area contributed by atoms with E-state index in [-0.39, 0.29) is 23.0 Å². The van der Waals surface area contributed by atoms with Gasteiger partial charge in [0, 0.05) is 12.4 Å². The third-order valence-electron chi connectivity index (χ3n) is 5.01. The van der Waals surface area contributed by atoms with Crippen LogP contribution in [-0.2, 0) is 6.42 Å². The zero-order chi connectivity index (χ0) is 23.2. The number of aromatic hydroxyl groups is 4. The van der Waals surface area contributed by atoms with E-state index >= 15 is 0 Å². The molecule has 33 heavy (non-hydrogen) atoms. The molecule has 0 aromatic heterocycles. The molecule has 0 aliphatic heterocycles. The first-order chi connectivity index (χ1) is 16.0. The second kappa shape index (κ2) is 9.70. The molecule has 4 aromatic carbocycles. The Balaban J connectivity index is 1.36. The van der Waals surface area contributed by atoms with E-state index in [1.54, 1.807) is 24.6 Å². The first-order valence-corrected chi connectivity index (χ1v) is 10.3. The SMILES string of the molecule is Oc1ccc(C=Nc2ccc(Cc3ccc(N=Cc4ccc(O)c(O)c4)cc3)cc2)cc1O. The number of rotatable bonds is 6. The average Bonchev–Trinajstić information content (AvgIpc) is 2.82. The van der Waals surface area contributed by atoms with E-state index in [2.05, 4.69) is 9.98 Å². The highest BCUT2D eigenvalue weighted by molar-refractivity contribution is 5.83. The molecule has 0 radical (unpaired) electrons. The van der Waals surface area contributed by atoms with E-state index in [1.807, 2.05) is 48.5 Å². The zero-order valence-corrected chi connectivity index (χ0v) is 17.6. The van der Waals surface area contributed by atoms with Crippen LogP contribution in [0.15, 0.2) is 94.9 Å². The molecule has 6 heteroatoms. The maximum atomic E-state index is 9.56. The maximum absolute atomic E-state index is 9.56. The molecule has 0 spiro atoms. The van der Waals surface area contributed by atoms with Gasteiger partial charge in [-0.05, 0) is 89.3 Å². The van der Waals surface area contributed by atoms with Crippen LogP contribution in [0.2, 0.25) is 0 Å². The number of phenolic OH excluding ortho intramolecular Hbond substituents is 4. The van der Waals surface area contributed by atoms with Gasteiger partial charge in [-0.15, -0.1) is 0 Å². The molecule has 0 heterocycles. The molecule has 0 aliphatic rings. The smallest absolute Gasteiger partial charge is 0.158 e. The molecule has 4 N–H and O–H groups in total. The van der Waals surface area contributed by atoms with Gasteiger partial charge < -0.3 is 20.4 Å². The van der Waals surface area contributed by atoms with Gasteiger partial charge in [0.05, 0.1) is 11.4 Å². The first kappa shape index (κ1) is 21.6. The number of phenols is 4.